The van der Waals surface area contributed by atoms with Crippen LogP contribution in [0.2, 0.25) is 0 Å². The molecule has 2 N–H and O–H groups in total. The van der Waals surface area contributed by atoms with Gasteiger partial charge in [-0.3, -0.25) is 0 Å². The van der Waals surface area contributed by atoms with Crippen LogP contribution in [0.25, 0.3) is 0 Å². The number of aryl methyl sites for hydroxylation is 1. The fourth-order valence-corrected chi connectivity index (χ4v) is 1.13. The van der Waals surface area contributed by atoms with Crippen molar-refractivity contribution in [3.8, 4) is 5.75 Å². The molecule has 0 aromatic heterocycles. The second-order valence-corrected chi connectivity index (χ2v) is 3.17. The largest absolute Gasteiger partial charge is 0.491 e. The number of methoxy groups -OCH3 is 1. The van der Waals surface area contributed by atoms with E-state index in [0.29, 0.717) is 13.2 Å². The maximum atomic E-state index is 5.58. The third-order valence-corrected chi connectivity index (χ3v) is 2.11. The van der Waals surface area contributed by atoms with Crippen molar-refractivity contribution < 1.29 is 9.47 Å². The summed E-state index contributed by atoms with van der Waals surface area (Å²) in [6.45, 7) is 2.99. The van der Waals surface area contributed by atoms with Crippen LogP contribution in [0.3, 0.4) is 0 Å². The number of rotatable bonds is 5. The molecular weight excluding hydrogens is 178 g/mol. The maximum absolute atomic E-state index is 5.58. The predicted molar refractivity (Wildman–Crippen MR) is 56.5 cm³/mol. The molecule has 1 aromatic rings. The molecule has 0 saturated heterocycles. The molecule has 0 aliphatic rings. The van der Waals surface area contributed by atoms with Crippen LogP contribution in [0.1, 0.15) is 5.56 Å². The van der Waals surface area contributed by atoms with E-state index in [2.05, 4.69) is 0 Å². The van der Waals surface area contributed by atoms with E-state index in [0.717, 1.165) is 11.3 Å². The van der Waals surface area contributed by atoms with E-state index in [1.165, 1.54) is 0 Å². The average Bonchev–Trinajstić information content (AvgIpc) is 2.22. The zero-order valence-electron chi connectivity index (χ0n) is 8.69. The first-order valence-electron chi connectivity index (χ1n) is 4.69. The summed E-state index contributed by atoms with van der Waals surface area (Å²) >= 11 is 0. The molecule has 78 valence electrons. The lowest BCUT2D eigenvalue weighted by molar-refractivity contribution is 0.0641. The highest BCUT2D eigenvalue weighted by atomic mass is 16.5. The zero-order chi connectivity index (χ0) is 10.4. The van der Waals surface area contributed by atoms with Crippen LogP contribution in [-0.2, 0) is 4.74 Å². The van der Waals surface area contributed by atoms with Crippen molar-refractivity contribution in [1.82, 2.24) is 0 Å². The fraction of sp³-hybridized carbons (Fsp3) is 0.455. The van der Waals surface area contributed by atoms with Gasteiger partial charge < -0.3 is 15.2 Å². The van der Waals surface area contributed by atoms with Crippen LogP contribution < -0.4 is 10.5 Å². The van der Waals surface area contributed by atoms with E-state index in [4.69, 9.17) is 15.2 Å². The third kappa shape index (κ3) is 3.01. The van der Waals surface area contributed by atoms with Gasteiger partial charge in [-0.15, -0.1) is 0 Å². The Balaban J connectivity index is 2.49. The fourth-order valence-electron chi connectivity index (χ4n) is 1.13. The minimum atomic E-state index is -0.0328. The van der Waals surface area contributed by atoms with Crippen molar-refractivity contribution in [3.05, 3.63) is 29.8 Å². The standard InChI is InChI=1S/C11H17NO2/c1-9-5-3-4-6-11(9)14-8-10(7-12)13-2/h3-6,10H,7-8,12H2,1-2H3. The van der Waals surface area contributed by atoms with E-state index in [1.54, 1.807) is 7.11 Å². The Morgan fingerprint density at radius 3 is 2.64 bits per heavy atom. The first-order chi connectivity index (χ1) is 6.77. The Hall–Kier alpha value is -1.06. The van der Waals surface area contributed by atoms with E-state index in [1.807, 2.05) is 31.2 Å². The summed E-state index contributed by atoms with van der Waals surface area (Å²) < 4.78 is 10.7. The molecule has 3 heteroatoms. The Morgan fingerprint density at radius 2 is 2.07 bits per heavy atom. The van der Waals surface area contributed by atoms with Crippen LogP contribution in [0.5, 0.6) is 5.75 Å². The van der Waals surface area contributed by atoms with Gasteiger partial charge in [0.25, 0.3) is 0 Å². The smallest absolute Gasteiger partial charge is 0.122 e. The molecule has 0 fully saturated rings. The number of hydrogen-bond acceptors (Lipinski definition) is 3. The average molecular weight is 195 g/mol. The quantitative estimate of drug-likeness (QED) is 0.771. The van der Waals surface area contributed by atoms with Gasteiger partial charge in [-0.2, -0.15) is 0 Å². The van der Waals surface area contributed by atoms with Gasteiger partial charge in [0, 0.05) is 13.7 Å². The number of ether oxygens (including phenoxy) is 2. The van der Waals surface area contributed by atoms with Crippen molar-refractivity contribution in [3.63, 3.8) is 0 Å². The molecule has 1 aromatic carbocycles. The topological polar surface area (TPSA) is 44.5 Å². The molecule has 0 bridgehead atoms. The monoisotopic (exact) mass is 195 g/mol. The number of hydrogen-bond donors (Lipinski definition) is 1. The molecule has 1 rings (SSSR count). The lowest BCUT2D eigenvalue weighted by atomic mass is 10.2. The van der Waals surface area contributed by atoms with Gasteiger partial charge in [-0.05, 0) is 18.6 Å². The Labute approximate surface area is 84.8 Å². The van der Waals surface area contributed by atoms with Gasteiger partial charge in [0.15, 0.2) is 0 Å². The number of para-hydroxylation sites is 1. The van der Waals surface area contributed by atoms with Crippen molar-refractivity contribution in [2.45, 2.75) is 13.0 Å². The highest BCUT2D eigenvalue weighted by Gasteiger charge is 2.06. The summed E-state index contributed by atoms with van der Waals surface area (Å²) in [4.78, 5) is 0. The molecule has 0 spiro atoms. The van der Waals surface area contributed by atoms with Crippen molar-refractivity contribution in [2.75, 3.05) is 20.3 Å². The van der Waals surface area contributed by atoms with Gasteiger partial charge in [0.1, 0.15) is 18.5 Å². The van der Waals surface area contributed by atoms with Crippen LogP contribution in [0, 0.1) is 6.92 Å². The highest BCUT2D eigenvalue weighted by molar-refractivity contribution is 5.31. The maximum Gasteiger partial charge on any atom is 0.122 e. The van der Waals surface area contributed by atoms with E-state index in [-0.39, 0.29) is 6.10 Å². The molecular formula is C11H17NO2. The Kier molecular flexibility index (Phi) is 4.43. The lowest BCUT2D eigenvalue weighted by Gasteiger charge is -2.15. The van der Waals surface area contributed by atoms with Crippen molar-refractivity contribution >= 4 is 0 Å². The molecule has 0 amide bonds. The van der Waals surface area contributed by atoms with Crippen LogP contribution in [0.4, 0.5) is 0 Å². The molecule has 0 radical (unpaired) electrons. The second-order valence-electron chi connectivity index (χ2n) is 3.17. The summed E-state index contributed by atoms with van der Waals surface area (Å²) in [5.74, 6) is 0.892. The van der Waals surface area contributed by atoms with Gasteiger partial charge in [0.05, 0.1) is 0 Å². The number of benzene rings is 1. The SMILES string of the molecule is COC(CN)COc1ccccc1C. The minimum absolute atomic E-state index is 0.0328. The zero-order valence-corrected chi connectivity index (χ0v) is 8.69. The molecule has 1 unspecified atom stereocenters. The van der Waals surface area contributed by atoms with Gasteiger partial charge in [0.2, 0.25) is 0 Å². The Morgan fingerprint density at radius 1 is 1.36 bits per heavy atom. The second kappa shape index (κ2) is 5.62. The van der Waals surface area contributed by atoms with Crippen LogP contribution in [-0.4, -0.2) is 26.4 Å². The third-order valence-electron chi connectivity index (χ3n) is 2.11. The summed E-state index contributed by atoms with van der Waals surface area (Å²) in [7, 11) is 1.64. The highest BCUT2D eigenvalue weighted by Crippen LogP contribution is 2.16. The van der Waals surface area contributed by atoms with Crippen molar-refractivity contribution in [2.24, 2.45) is 5.73 Å². The molecule has 1 atom stereocenters. The predicted octanol–water partition coefficient (Wildman–Crippen LogP) is 1.35. The molecule has 0 aliphatic heterocycles. The van der Waals surface area contributed by atoms with Crippen LogP contribution >= 0.6 is 0 Å². The summed E-state index contributed by atoms with van der Waals surface area (Å²) in [5.41, 5.74) is 6.60. The molecule has 3 nitrogen and oxygen atoms in total. The minimum Gasteiger partial charge on any atom is -0.491 e. The first-order valence-corrected chi connectivity index (χ1v) is 4.69. The van der Waals surface area contributed by atoms with Gasteiger partial charge >= 0.3 is 0 Å². The Bertz CT molecular complexity index is 272. The van der Waals surface area contributed by atoms with E-state index < -0.39 is 0 Å². The molecule has 0 aliphatic carbocycles. The molecule has 0 heterocycles. The van der Waals surface area contributed by atoms with Gasteiger partial charge in [-0.1, -0.05) is 18.2 Å². The molecule has 14 heavy (non-hydrogen) atoms. The summed E-state index contributed by atoms with van der Waals surface area (Å²) in [6, 6.07) is 7.89. The van der Waals surface area contributed by atoms with E-state index in [9.17, 15) is 0 Å². The first kappa shape index (κ1) is 11.0. The molecule has 0 saturated carbocycles. The van der Waals surface area contributed by atoms with Gasteiger partial charge in [-0.25, -0.2) is 0 Å². The summed E-state index contributed by atoms with van der Waals surface area (Å²) in [5, 5.41) is 0. The van der Waals surface area contributed by atoms with Crippen LogP contribution in [0.15, 0.2) is 24.3 Å². The lowest BCUT2D eigenvalue weighted by Crippen LogP contribution is -2.29. The van der Waals surface area contributed by atoms with Crippen molar-refractivity contribution in [1.29, 1.82) is 0 Å². The normalized spacial score (nSPS) is 12.5. The van der Waals surface area contributed by atoms with E-state index >= 15 is 0 Å². The summed E-state index contributed by atoms with van der Waals surface area (Å²) in [6.07, 6.45) is -0.0328. The number of nitrogens with two attached hydrogens (primary N) is 1.